The lowest BCUT2D eigenvalue weighted by atomic mass is 10.2. The molecule has 0 aromatic heterocycles. The first-order valence-corrected chi connectivity index (χ1v) is 8.54. The number of hydrogen-bond donors (Lipinski definition) is 1. The van der Waals surface area contributed by atoms with Crippen LogP contribution in [0.4, 0.5) is 14.5 Å². The molecule has 2 aromatic carbocycles. The van der Waals surface area contributed by atoms with Gasteiger partial charge in [-0.1, -0.05) is 27.5 Å². The standard InChI is InChI=1S/C17H15BrClF2NO3/c18-11-3-6-13(7-4-11)24-9-1-2-16(23)22-12-5-8-15(14(19)10-12)25-17(20)21/h3-8,10,17H,1-2,9H2,(H,22,23). The van der Waals surface area contributed by atoms with E-state index in [2.05, 4.69) is 26.0 Å². The minimum Gasteiger partial charge on any atom is -0.494 e. The highest BCUT2D eigenvalue weighted by molar-refractivity contribution is 9.10. The van der Waals surface area contributed by atoms with Crippen molar-refractivity contribution in [2.75, 3.05) is 11.9 Å². The van der Waals surface area contributed by atoms with Crippen LogP contribution in [0, 0.1) is 0 Å². The van der Waals surface area contributed by atoms with Crippen molar-refractivity contribution >= 4 is 39.1 Å². The summed E-state index contributed by atoms with van der Waals surface area (Å²) in [6.07, 6.45) is 0.783. The van der Waals surface area contributed by atoms with Crippen LogP contribution in [0.3, 0.4) is 0 Å². The summed E-state index contributed by atoms with van der Waals surface area (Å²) < 4.78 is 35.0. The number of carbonyl (C=O) groups excluding carboxylic acids is 1. The number of rotatable bonds is 8. The molecule has 0 unspecified atom stereocenters. The van der Waals surface area contributed by atoms with Gasteiger partial charge in [-0.3, -0.25) is 4.79 Å². The molecule has 0 spiro atoms. The molecule has 1 N–H and O–H groups in total. The van der Waals surface area contributed by atoms with E-state index in [-0.39, 0.29) is 23.1 Å². The molecule has 0 bridgehead atoms. The topological polar surface area (TPSA) is 47.6 Å². The summed E-state index contributed by atoms with van der Waals surface area (Å²) in [4.78, 5) is 11.9. The van der Waals surface area contributed by atoms with Crippen molar-refractivity contribution in [1.82, 2.24) is 0 Å². The van der Waals surface area contributed by atoms with E-state index >= 15 is 0 Å². The van der Waals surface area contributed by atoms with Crippen LogP contribution >= 0.6 is 27.5 Å². The Bertz CT molecular complexity index is 714. The first kappa shape index (κ1) is 19.5. The van der Waals surface area contributed by atoms with Gasteiger partial charge < -0.3 is 14.8 Å². The van der Waals surface area contributed by atoms with E-state index in [0.717, 1.165) is 10.2 Å². The van der Waals surface area contributed by atoms with Gasteiger partial charge in [-0.25, -0.2) is 0 Å². The Morgan fingerprint density at radius 1 is 1.20 bits per heavy atom. The molecule has 0 atom stereocenters. The molecule has 0 aliphatic rings. The smallest absolute Gasteiger partial charge is 0.387 e. The number of anilines is 1. The second kappa shape index (κ2) is 9.58. The summed E-state index contributed by atoms with van der Waals surface area (Å²) in [5.41, 5.74) is 0.408. The number of ether oxygens (including phenoxy) is 2. The van der Waals surface area contributed by atoms with Crippen LogP contribution in [0.5, 0.6) is 11.5 Å². The van der Waals surface area contributed by atoms with Crippen LogP contribution in [0.1, 0.15) is 12.8 Å². The lowest BCUT2D eigenvalue weighted by Gasteiger charge is -2.10. The highest BCUT2D eigenvalue weighted by Gasteiger charge is 2.10. The highest BCUT2D eigenvalue weighted by atomic mass is 79.9. The van der Waals surface area contributed by atoms with Crippen molar-refractivity contribution in [3.63, 3.8) is 0 Å². The molecule has 2 rings (SSSR count). The summed E-state index contributed by atoms with van der Waals surface area (Å²) >= 11 is 9.17. The van der Waals surface area contributed by atoms with Crippen molar-refractivity contribution in [2.24, 2.45) is 0 Å². The first-order chi connectivity index (χ1) is 11.9. The Morgan fingerprint density at radius 3 is 2.56 bits per heavy atom. The van der Waals surface area contributed by atoms with Crippen LogP contribution in [0.2, 0.25) is 5.02 Å². The fourth-order valence-electron chi connectivity index (χ4n) is 1.95. The van der Waals surface area contributed by atoms with E-state index in [1.807, 2.05) is 24.3 Å². The Hall–Kier alpha value is -1.86. The summed E-state index contributed by atoms with van der Waals surface area (Å²) in [7, 11) is 0. The van der Waals surface area contributed by atoms with Gasteiger partial charge in [0.05, 0.1) is 11.6 Å². The largest absolute Gasteiger partial charge is 0.494 e. The van der Waals surface area contributed by atoms with Crippen LogP contribution in [-0.4, -0.2) is 19.1 Å². The van der Waals surface area contributed by atoms with Gasteiger partial charge in [0.2, 0.25) is 5.91 Å². The fraction of sp³-hybridized carbons (Fsp3) is 0.235. The van der Waals surface area contributed by atoms with Gasteiger partial charge in [0.1, 0.15) is 11.5 Å². The molecule has 0 fully saturated rings. The minimum absolute atomic E-state index is 0.00308. The number of halogens is 4. The third-order valence-corrected chi connectivity index (χ3v) is 3.89. The van der Waals surface area contributed by atoms with Crippen molar-refractivity contribution in [1.29, 1.82) is 0 Å². The van der Waals surface area contributed by atoms with Crippen molar-refractivity contribution in [3.05, 3.63) is 52.0 Å². The number of carbonyl (C=O) groups is 1. The lowest BCUT2D eigenvalue weighted by Crippen LogP contribution is -2.13. The minimum atomic E-state index is -2.95. The number of hydrogen-bond acceptors (Lipinski definition) is 3. The van der Waals surface area contributed by atoms with Crippen LogP contribution < -0.4 is 14.8 Å². The maximum absolute atomic E-state index is 12.2. The quantitative estimate of drug-likeness (QED) is 0.558. The molecular weight excluding hydrogens is 420 g/mol. The summed E-state index contributed by atoms with van der Waals surface area (Å²) in [5.74, 6) is 0.362. The van der Waals surface area contributed by atoms with Crippen LogP contribution in [-0.2, 0) is 4.79 Å². The van der Waals surface area contributed by atoms with Gasteiger partial charge in [0, 0.05) is 16.6 Å². The molecule has 1 amide bonds. The van der Waals surface area contributed by atoms with Crippen molar-refractivity contribution in [3.8, 4) is 11.5 Å². The van der Waals surface area contributed by atoms with E-state index in [9.17, 15) is 13.6 Å². The Balaban J connectivity index is 1.74. The predicted octanol–water partition coefficient (Wildman–Crippen LogP) is 5.50. The number of benzene rings is 2. The SMILES string of the molecule is O=C(CCCOc1ccc(Br)cc1)Nc1ccc(OC(F)F)c(Cl)c1. The maximum atomic E-state index is 12.2. The first-order valence-electron chi connectivity index (χ1n) is 7.36. The summed E-state index contributed by atoms with van der Waals surface area (Å²) in [6, 6.07) is 11.5. The van der Waals surface area contributed by atoms with Crippen molar-refractivity contribution < 1.29 is 23.0 Å². The van der Waals surface area contributed by atoms with E-state index in [1.165, 1.54) is 18.2 Å². The second-order valence-electron chi connectivity index (χ2n) is 4.98. The maximum Gasteiger partial charge on any atom is 0.387 e. The zero-order chi connectivity index (χ0) is 18.2. The van der Waals surface area contributed by atoms with E-state index in [4.69, 9.17) is 16.3 Å². The Kier molecular flexibility index (Phi) is 7.46. The van der Waals surface area contributed by atoms with Crippen LogP contribution in [0.15, 0.2) is 46.9 Å². The summed E-state index contributed by atoms with van der Waals surface area (Å²) in [6.45, 7) is -2.56. The predicted molar refractivity (Wildman–Crippen MR) is 95.6 cm³/mol. The fourth-order valence-corrected chi connectivity index (χ4v) is 2.44. The molecule has 0 radical (unpaired) electrons. The molecule has 2 aromatic rings. The van der Waals surface area contributed by atoms with E-state index < -0.39 is 6.61 Å². The molecule has 0 saturated carbocycles. The monoisotopic (exact) mass is 433 g/mol. The molecule has 0 aliphatic carbocycles. The Labute approximate surface area is 157 Å². The number of alkyl halides is 2. The van der Waals surface area contributed by atoms with Gasteiger partial charge in [-0.05, 0) is 48.9 Å². The van der Waals surface area contributed by atoms with E-state index in [0.29, 0.717) is 18.7 Å². The zero-order valence-electron chi connectivity index (χ0n) is 13.0. The molecular formula is C17H15BrClF2NO3. The molecule has 0 heterocycles. The van der Waals surface area contributed by atoms with Gasteiger partial charge in [0.15, 0.2) is 0 Å². The number of amides is 1. The zero-order valence-corrected chi connectivity index (χ0v) is 15.3. The second-order valence-corrected chi connectivity index (χ2v) is 6.30. The molecule has 134 valence electrons. The normalized spacial score (nSPS) is 10.6. The molecule has 8 heteroatoms. The van der Waals surface area contributed by atoms with E-state index in [1.54, 1.807) is 0 Å². The van der Waals surface area contributed by atoms with Crippen LogP contribution in [0.25, 0.3) is 0 Å². The Morgan fingerprint density at radius 2 is 1.92 bits per heavy atom. The molecule has 4 nitrogen and oxygen atoms in total. The molecule has 0 aliphatic heterocycles. The third kappa shape index (κ3) is 6.88. The van der Waals surface area contributed by atoms with Gasteiger partial charge in [-0.2, -0.15) is 8.78 Å². The van der Waals surface area contributed by atoms with Gasteiger partial charge in [0.25, 0.3) is 0 Å². The van der Waals surface area contributed by atoms with Crippen molar-refractivity contribution in [2.45, 2.75) is 19.5 Å². The molecule has 0 saturated heterocycles. The van der Waals surface area contributed by atoms with Gasteiger partial charge in [-0.15, -0.1) is 0 Å². The average Bonchev–Trinajstić information content (AvgIpc) is 2.55. The average molecular weight is 435 g/mol. The number of nitrogens with one attached hydrogen (secondary N) is 1. The summed E-state index contributed by atoms with van der Waals surface area (Å²) in [5, 5.41) is 2.64. The van der Waals surface area contributed by atoms with Gasteiger partial charge >= 0.3 is 6.61 Å². The highest BCUT2D eigenvalue weighted by Crippen LogP contribution is 2.29. The third-order valence-electron chi connectivity index (χ3n) is 3.06. The molecule has 25 heavy (non-hydrogen) atoms. The lowest BCUT2D eigenvalue weighted by molar-refractivity contribution is -0.116.